The fourth-order valence-electron chi connectivity index (χ4n) is 4.47. The Morgan fingerprint density at radius 2 is 1.68 bits per heavy atom. The number of aryl methyl sites for hydroxylation is 1. The van der Waals surface area contributed by atoms with Gasteiger partial charge in [0.15, 0.2) is 5.71 Å². The molecular formula is C28H20Cl2F3N3O. The zero-order valence-corrected chi connectivity index (χ0v) is 21.3. The van der Waals surface area contributed by atoms with Gasteiger partial charge in [-0.25, -0.2) is 0 Å². The smallest absolute Gasteiger partial charge is 0.340 e. The monoisotopic (exact) mass is 541 g/mol. The van der Waals surface area contributed by atoms with Crippen LogP contribution in [-0.4, -0.2) is 22.4 Å². The lowest BCUT2D eigenvalue weighted by Gasteiger charge is -2.11. The summed E-state index contributed by atoms with van der Waals surface area (Å²) in [6.45, 7) is 4.14. The molecule has 4 nitrogen and oxygen atoms in total. The number of anilines is 1. The van der Waals surface area contributed by atoms with Crippen molar-refractivity contribution in [3.8, 4) is 0 Å². The van der Waals surface area contributed by atoms with Crippen LogP contribution in [0.3, 0.4) is 0 Å². The number of para-hydroxylation sites is 1. The lowest BCUT2D eigenvalue weighted by molar-refractivity contribution is -0.114. The molecule has 0 N–H and O–H groups in total. The van der Waals surface area contributed by atoms with Gasteiger partial charge >= 0.3 is 6.18 Å². The molecular weight excluding hydrogens is 522 g/mol. The Morgan fingerprint density at radius 1 is 0.946 bits per heavy atom. The summed E-state index contributed by atoms with van der Waals surface area (Å²) in [6, 6.07) is 19.1. The van der Waals surface area contributed by atoms with Crippen molar-refractivity contribution in [1.82, 2.24) is 4.57 Å². The molecule has 0 saturated heterocycles. The molecule has 4 aromatic rings. The third-order valence-corrected chi connectivity index (χ3v) is 7.03. The van der Waals surface area contributed by atoms with E-state index in [0.29, 0.717) is 27.8 Å². The molecule has 0 aliphatic carbocycles. The Balaban J connectivity index is 1.67. The first kappa shape index (κ1) is 25.1. The number of carbonyl (C=O) groups excluding carboxylic acids is 1. The fourth-order valence-corrected chi connectivity index (χ4v) is 4.79. The maximum absolute atomic E-state index is 14.0. The number of aromatic nitrogens is 1. The summed E-state index contributed by atoms with van der Waals surface area (Å²) in [7, 11) is 0. The zero-order chi connectivity index (χ0) is 26.5. The highest BCUT2D eigenvalue weighted by molar-refractivity contribution is 6.42. The number of nitrogens with zero attached hydrogens (tertiary/aromatic N) is 3. The SMILES string of the molecule is Cc1ccc2c(c1)c(/C=C1/C(=O)N(c3ccccc3)N=C1C(F)(F)F)c(C)n2Cc1ccc(Cl)c(Cl)c1. The molecule has 0 atom stereocenters. The van der Waals surface area contributed by atoms with E-state index in [1.165, 1.54) is 18.2 Å². The van der Waals surface area contributed by atoms with Gasteiger partial charge in [-0.3, -0.25) is 4.79 Å². The highest BCUT2D eigenvalue weighted by Crippen LogP contribution is 2.36. The average Bonchev–Trinajstić information content (AvgIpc) is 3.31. The maximum Gasteiger partial charge on any atom is 0.435 e. The number of hydrogen-bond acceptors (Lipinski definition) is 2. The van der Waals surface area contributed by atoms with Gasteiger partial charge in [-0.1, -0.05) is 59.1 Å². The second-order valence-corrected chi connectivity index (χ2v) is 9.63. The van der Waals surface area contributed by atoms with Gasteiger partial charge in [-0.2, -0.15) is 23.3 Å². The molecule has 3 aromatic carbocycles. The molecule has 0 bridgehead atoms. The Hall–Kier alpha value is -3.55. The van der Waals surface area contributed by atoms with Crippen LogP contribution in [0, 0.1) is 13.8 Å². The quantitative estimate of drug-likeness (QED) is 0.241. The van der Waals surface area contributed by atoms with Gasteiger partial charge < -0.3 is 4.57 Å². The summed E-state index contributed by atoms with van der Waals surface area (Å²) in [5, 5.41) is 6.06. The minimum Gasteiger partial charge on any atom is -0.340 e. The number of carbonyl (C=O) groups is 1. The number of benzene rings is 3. The van der Waals surface area contributed by atoms with Crippen molar-refractivity contribution in [3.63, 3.8) is 0 Å². The van der Waals surface area contributed by atoms with Gasteiger partial charge in [0.25, 0.3) is 5.91 Å². The molecule has 9 heteroatoms. The molecule has 188 valence electrons. The number of hydrogen-bond donors (Lipinski definition) is 0. The number of halogens is 5. The Labute approximate surface area is 221 Å². The van der Waals surface area contributed by atoms with Crippen molar-refractivity contribution in [2.24, 2.45) is 5.10 Å². The zero-order valence-electron chi connectivity index (χ0n) is 19.8. The highest BCUT2D eigenvalue weighted by Gasteiger charge is 2.47. The summed E-state index contributed by atoms with van der Waals surface area (Å²) in [6.07, 6.45) is -3.51. The standard InChI is InChI=1S/C28H20Cl2F3N3O/c1-16-8-11-25-21(12-16)20(17(2)35(25)15-18-9-10-23(29)24(30)13-18)14-22-26(28(31,32)33)34-36(27(22)37)19-6-4-3-5-7-19/h3-14H,15H2,1-2H3/b22-14+. The van der Waals surface area contributed by atoms with Crippen LogP contribution >= 0.6 is 23.2 Å². The van der Waals surface area contributed by atoms with Gasteiger partial charge in [0, 0.05) is 28.7 Å². The first-order valence-corrected chi connectivity index (χ1v) is 12.1. The van der Waals surface area contributed by atoms with Crippen LogP contribution in [0.1, 0.15) is 22.4 Å². The third kappa shape index (κ3) is 4.65. The van der Waals surface area contributed by atoms with E-state index in [9.17, 15) is 18.0 Å². The normalized spacial score (nSPS) is 15.2. The summed E-state index contributed by atoms with van der Waals surface area (Å²) in [4.78, 5) is 13.3. The van der Waals surface area contributed by atoms with Gasteiger partial charge in [0.1, 0.15) is 0 Å². The number of fused-ring (bicyclic) bond motifs is 1. The number of amides is 1. The minimum absolute atomic E-state index is 0.257. The van der Waals surface area contributed by atoms with Gasteiger partial charge in [-0.05, 0) is 61.9 Å². The number of rotatable bonds is 4. The van der Waals surface area contributed by atoms with Gasteiger partial charge in [0.05, 0.1) is 21.3 Å². The molecule has 1 aliphatic rings. The van der Waals surface area contributed by atoms with E-state index in [0.717, 1.165) is 27.0 Å². The van der Waals surface area contributed by atoms with E-state index in [1.807, 2.05) is 42.7 Å². The number of hydrazone groups is 1. The van der Waals surface area contributed by atoms with Crippen LogP contribution in [0.15, 0.2) is 77.4 Å². The third-order valence-electron chi connectivity index (χ3n) is 6.29. The van der Waals surface area contributed by atoms with Crippen molar-refractivity contribution in [3.05, 3.63) is 105 Å². The highest BCUT2D eigenvalue weighted by atomic mass is 35.5. The fraction of sp³-hybridized carbons (Fsp3) is 0.143. The van der Waals surface area contributed by atoms with Crippen molar-refractivity contribution in [2.75, 3.05) is 5.01 Å². The van der Waals surface area contributed by atoms with Crippen molar-refractivity contribution < 1.29 is 18.0 Å². The molecule has 37 heavy (non-hydrogen) atoms. The van der Waals surface area contributed by atoms with Crippen LogP contribution in [0.4, 0.5) is 18.9 Å². The number of alkyl halides is 3. The summed E-state index contributed by atoms with van der Waals surface area (Å²) < 4.78 is 44.1. The van der Waals surface area contributed by atoms with Crippen molar-refractivity contribution >= 4 is 57.5 Å². The Kier molecular flexibility index (Phi) is 6.38. The molecule has 2 heterocycles. The van der Waals surface area contributed by atoms with Crippen molar-refractivity contribution in [1.29, 1.82) is 0 Å². The average molecular weight is 542 g/mol. The molecule has 5 rings (SSSR count). The van der Waals surface area contributed by atoms with Gasteiger partial charge in [0.2, 0.25) is 0 Å². The first-order valence-electron chi connectivity index (χ1n) is 11.4. The lowest BCUT2D eigenvalue weighted by Crippen LogP contribution is -2.25. The molecule has 1 amide bonds. The first-order chi connectivity index (χ1) is 17.5. The van der Waals surface area contributed by atoms with Crippen molar-refractivity contribution in [2.45, 2.75) is 26.6 Å². The maximum atomic E-state index is 14.0. The lowest BCUT2D eigenvalue weighted by atomic mass is 10.0. The summed E-state index contributed by atoms with van der Waals surface area (Å²) in [5.74, 6) is -0.837. The predicted octanol–water partition coefficient (Wildman–Crippen LogP) is 7.96. The molecule has 1 aliphatic heterocycles. The predicted molar refractivity (Wildman–Crippen MR) is 142 cm³/mol. The molecule has 0 unspecified atom stereocenters. The largest absolute Gasteiger partial charge is 0.435 e. The van der Waals surface area contributed by atoms with Gasteiger partial charge in [-0.15, -0.1) is 0 Å². The second-order valence-electron chi connectivity index (χ2n) is 8.81. The van der Waals surface area contributed by atoms with E-state index in [4.69, 9.17) is 23.2 Å². The van der Waals surface area contributed by atoms with Crippen LogP contribution in [-0.2, 0) is 11.3 Å². The minimum atomic E-state index is -4.81. The second kappa shape index (κ2) is 9.39. The van der Waals surface area contributed by atoms with E-state index in [-0.39, 0.29) is 5.69 Å². The van der Waals surface area contributed by atoms with Crippen LogP contribution in [0.5, 0.6) is 0 Å². The Bertz CT molecular complexity index is 1600. The molecule has 1 aromatic heterocycles. The van der Waals surface area contributed by atoms with Crippen LogP contribution in [0.25, 0.3) is 17.0 Å². The van der Waals surface area contributed by atoms with Crippen LogP contribution in [0.2, 0.25) is 10.0 Å². The Morgan fingerprint density at radius 3 is 2.35 bits per heavy atom. The summed E-state index contributed by atoms with van der Waals surface area (Å²) >= 11 is 12.3. The van der Waals surface area contributed by atoms with E-state index in [1.54, 1.807) is 30.3 Å². The van der Waals surface area contributed by atoms with E-state index in [2.05, 4.69) is 5.10 Å². The summed E-state index contributed by atoms with van der Waals surface area (Å²) in [5.41, 5.74) is 2.38. The molecule has 0 fully saturated rings. The topological polar surface area (TPSA) is 37.6 Å². The molecule has 0 radical (unpaired) electrons. The van der Waals surface area contributed by atoms with E-state index < -0.39 is 23.4 Å². The van der Waals surface area contributed by atoms with Crippen LogP contribution < -0.4 is 5.01 Å². The molecule has 0 spiro atoms. The van der Waals surface area contributed by atoms with E-state index >= 15 is 0 Å². The molecule has 0 saturated carbocycles.